The Morgan fingerprint density at radius 3 is 2.63 bits per heavy atom. The number of nitroso groups, excluding NO2 is 1. The largest absolute Gasteiger partial charge is 0.493 e. The number of rotatable bonds is 6. The molecule has 0 aliphatic heterocycles. The lowest BCUT2D eigenvalue weighted by Crippen LogP contribution is -2.26. The summed E-state index contributed by atoms with van der Waals surface area (Å²) in [6.45, 7) is 4.66. The predicted octanol–water partition coefficient (Wildman–Crippen LogP) is 5.07. The average molecular weight is 428 g/mol. The van der Waals surface area contributed by atoms with Crippen molar-refractivity contribution in [1.29, 1.82) is 0 Å². The molecule has 1 aromatic carbocycles. The topological polar surface area (TPSA) is 82.8 Å². The standard InChI is InChI=1S/C22H25N3O4S/c1-12(2)11-25-20(13-9-15(24-27)19(29-4)16(10-13)28-3)23-21-18(22(25)26)14-7-5-6-8-17(14)30-21/h9-10,12H,5-8,11H2,1-4H3. The molecule has 7 nitrogen and oxygen atoms in total. The van der Waals surface area contributed by atoms with E-state index >= 15 is 0 Å². The van der Waals surface area contributed by atoms with Gasteiger partial charge in [0.2, 0.25) is 0 Å². The second-order valence-electron chi connectivity index (χ2n) is 7.96. The highest BCUT2D eigenvalue weighted by atomic mass is 32.1. The third-order valence-electron chi connectivity index (χ3n) is 5.44. The van der Waals surface area contributed by atoms with Crippen molar-refractivity contribution in [3.05, 3.63) is 37.8 Å². The van der Waals surface area contributed by atoms with Crippen LogP contribution in [0.2, 0.25) is 0 Å². The number of aromatic nitrogens is 2. The highest BCUT2D eigenvalue weighted by molar-refractivity contribution is 7.18. The zero-order valence-electron chi connectivity index (χ0n) is 17.7. The van der Waals surface area contributed by atoms with E-state index in [-0.39, 0.29) is 22.9 Å². The van der Waals surface area contributed by atoms with Crippen molar-refractivity contribution < 1.29 is 9.47 Å². The van der Waals surface area contributed by atoms with E-state index in [0.717, 1.165) is 35.9 Å². The zero-order valence-corrected chi connectivity index (χ0v) is 18.5. The number of benzene rings is 1. The van der Waals surface area contributed by atoms with Crippen molar-refractivity contribution in [2.24, 2.45) is 11.1 Å². The summed E-state index contributed by atoms with van der Waals surface area (Å²) in [7, 11) is 2.96. The van der Waals surface area contributed by atoms with Crippen LogP contribution in [0.5, 0.6) is 11.5 Å². The van der Waals surface area contributed by atoms with Gasteiger partial charge < -0.3 is 9.47 Å². The maximum atomic E-state index is 13.6. The Morgan fingerprint density at radius 1 is 1.20 bits per heavy atom. The average Bonchev–Trinajstić information content (AvgIpc) is 3.12. The van der Waals surface area contributed by atoms with E-state index in [9.17, 15) is 9.70 Å². The van der Waals surface area contributed by atoms with Crippen LogP contribution in [0, 0.1) is 10.8 Å². The summed E-state index contributed by atoms with van der Waals surface area (Å²) in [6.07, 6.45) is 4.19. The molecule has 30 heavy (non-hydrogen) atoms. The van der Waals surface area contributed by atoms with Gasteiger partial charge in [0.25, 0.3) is 5.56 Å². The fourth-order valence-corrected chi connectivity index (χ4v) is 5.39. The van der Waals surface area contributed by atoms with Gasteiger partial charge in [0.05, 0.1) is 19.6 Å². The lowest BCUT2D eigenvalue weighted by molar-refractivity contribution is 0.356. The van der Waals surface area contributed by atoms with Crippen molar-refractivity contribution in [2.45, 2.75) is 46.1 Å². The number of hydrogen-bond donors (Lipinski definition) is 0. The Labute approximate surface area is 178 Å². The molecule has 3 aromatic rings. The third-order valence-corrected chi connectivity index (χ3v) is 6.62. The normalized spacial score (nSPS) is 13.5. The van der Waals surface area contributed by atoms with Gasteiger partial charge in [-0.3, -0.25) is 9.36 Å². The molecule has 158 valence electrons. The van der Waals surface area contributed by atoms with Crippen LogP contribution in [0.25, 0.3) is 21.6 Å². The molecule has 1 aliphatic rings. The molecule has 0 saturated heterocycles. The highest BCUT2D eigenvalue weighted by Crippen LogP contribution is 2.42. The molecule has 0 spiro atoms. The van der Waals surface area contributed by atoms with E-state index < -0.39 is 0 Å². The molecule has 0 amide bonds. The number of ether oxygens (including phenoxy) is 2. The van der Waals surface area contributed by atoms with Gasteiger partial charge in [0, 0.05) is 17.0 Å². The molecule has 0 atom stereocenters. The van der Waals surface area contributed by atoms with Crippen LogP contribution in [-0.4, -0.2) is 23.8 Å². The van der Waals surface area contributed by atoms with Crippen LogP contribution < -0.4 is 15.0 Å². The third kappa shape index (κ3) is 3.39. The first-order valence-electron chi connectivity index (χ1n) is 10.1. The summed E-state index contributed by atoms with van der Waals surface area (Å²) in [5.41, 5.74) is 1.87. The minimum atomic E-state index is -0.0153. The van der Waals surface area contributed by atoms with E-state index in [1.807, 2.05) is 0 Å². The minimum Gasteiger partial charge on any atom is -0.493 e. The number of thiophene rings is 1. The fourth-order valence-electron chi connectivity index (χ4n) is 4.13. The second-order valence-corrected chi connectivity index (χ2v) is 9.04. The molecular formula is C22H25N3O4S. The SMILES string of the molecule is COc1cc(-c2nc3sc4c(c3c(=O)n2CC(C)C)CCCC4)cc(N=O)c1OC. The second kappa shape index (κ2) is 8.18. The first-order valence-corrected chi connectivity index (χ1v) is 10.9. The Morgan fingerprint density at radius 2 is 1.97 bits per heavy atom. The molecule has 0 radical (unpaired) electrons. The van der Waals surface area contributed by atoms with Gasteiger partial charge in [0.1, 0.15) is 10.7 Å². The van der Waals surface area contributed by atoms with Gasteiger partial charge in [-0.25, -0.2) is 4.98 Å². The smallest absolute Gasteiger partial charge is 0.262 e. The van der Waals surface area contributed by atoms with Gasteiger partial charge in [-0.15, -0.1) is 16.2 Å². The summed E-state index contributed by atoms with van der Waals surface area (Å²) < 4.78 is 12.4. The lowest BCUT2D eigenvalue weighted by Gasteiger charge is -2.17. The summed E-state index contributed by atoms with van der Waals surface area (Å²) >= 11 is 1.61. The Balaban J connectivity index is 2.03. The summed E-state index contributed by atoms with van der Waals surface area (Å²) in [4.78, 5) is 32.0. The Kier molecular flexibility index (Phi) is 5.60. The summed E-state index contributed by atoms with van der Waals surface area (Å²) in [6, 6.07) is 3.35. The molecule has 0 bridgehead atoms. The van der Waals surface area contributed by atoms with E-state index in [1.54, 1.807) is 28.0 Å². The monoisotopic (exact) mass is 427 g/mol. The van der Waals surface area contributed by atoms with E-state index in [0.29, 0.717) is 23.7 Å². The highest BCUT2D eigenvalue weighted by Gasteiger charge is 2.24. The number of hydrogen-bond acceptors (Lipinski definition) is 7. The Bertz CT molecular complexity index is 1180. The van der Waals surface area contributed by atoms with Crippen LogP contribution in [0.4, 0.5) is 5.69 Å². The van der Waals surface area contributed by atoms with Gasteiger partial charge >= 0.3 is 0 Å². The van der Waals surface area contributed by atoms with E-state index in [4.69, 9.17) is 14.5 Å². The quantitative estimate of drug-likeness (QED) is 0.513. The van der Waals surface area contributed by atoms with Crippen molar-refractivity contribution in [2.75, 3.05) is 14.2 Å². The van der Waals surface area contributed by atoms with Crippen molar-refractivity contribution in [3.8, 4) is 22.9 Å². The minimum absolute atomic E-state index is 0.0153. The van der Waals surface area contributed by atoms with Gasteiger partial charge in [-0.2, -0.15) is 0 Å². The van der Waals surface area contributed by atoms with Gasteiger partial charge in [0.15, 0.2) is 17.2 Å². The molecule has 0 saturated carbocycles. The number of fused-ring (bicyclic) bond motifs is 3. The molecule has 0 fully saturated rings. The molecule has 2 heterocycles. The summed E-state index contributed by atoms with van der Waals surface area (Å²) in [5, 5.41) is 3.85. The summed E-state index contributed by atoms with van der Waals surface area (Å²) in [5.74, 6) is 1.41. The molecule has 1 aliphatic carbocycles. The van der Waals surface area contributed by atoms with Gasteiger partial charge in [-0.05, 0) is 54.5 Å². The maximum absolute atomic E-state index is 13.6. The van der Waals surface area contributed by atoms with Crippen LogP contribution in [0.1, 0.15) is 37.1 Å². The Hall–Kier alpha value is -2.74. The molecule has 4 rings (SSSR count). The van der Waals surface area contributed by atoms with Crippen LogP contribution >= 0.6 is 11.3 Å². The van der Waals surface area contributed by atoms with Gasteiger partial charge in [-0.1, -0.05) is 13.8 Å². The first kappa shape index (κ1) is 20.5. The van der Waals surface area contributed by atoms with E-state index in [2.05, 4.69) is 19.0 Å². The molecule has 0 unspecified atom stereocenters. The van der Waals surface area contributed by atoms with Crippen molar-refractivity contribution in [1.82, 2.24) is 9.55 Å². The first-order chi connectivity index (χ1) is 14.5. The van der Waals surface area contributed by atoms with Crippen molar-refractivity contribution >= 4 is 27.2 Å². The zero-order chi connectivity index (χ0) is 21.4. The predicted molar refractivity (Wildman–Crippen MR) is 119 cm³/mol. The van der Waals surface area contributed by atoms with E-state index in [1.165, 1.54) is 24.7 Å². The van der Waals surface area contributed by atoms with Crippen LogP contribution in [0.15, 0.2) is 22.1 Å². The van der Waals surface area contributed by atoms with Crippen LogP contribution in [0.3, 0.4) is 0 Å². The van der Waals surface area contributed by atoms with Crippen LogP contribution in [-0.2, 0) is 19.4 Å². The molecular weight excluding hydrogens is 402 g/mol. The van der Waals surface area contributed by atoms with Crippen molar-refractivity contribution in [3.63, 3.8) is 0 Å². The number of aryl methyl sites for hydroxylation is 2. The number of nitrogens with zero attached hydrogens (tertiary/aromatic N) is 3. The lowest BCUT2D eigenvalue weighted by atomic mass is 9.97. The molecule has 0 N–H and O–H groups in total. The molecule has 8 heteroatoms. The number of methoxy groups -OCH3 is 2. The fraction of sp³-hybridized carbons (Fsp3) is 0.455. The maximum Gasteiger partial charge on any atom is 0.262 e. The molecule has 2 aromatic heterocycles.